The molecule has 4 rings (SSSR count). The molecule has 6 nitrogen and oxygen atoms in total. The first-order valence-electron chi connectivity index (χ1n) is 8.25. The van der Waals surface area contributed by atoms with Gasteiger partial charge in [0.15, 0.2) is 11.5 Å². The summed E-state index contributed by atoms with van der Waals surface area (Å²) in [6, 6.07) is 9.03. The highest BCUT2D eigenvalue weighted by molar-refractivity contribution is 7.92. The molecular weight excluding hydrogens is 340 g/mol. The van der Waals surface area contributed by atoms with Crippen molar-refractivity contribution in [3.8, 4) is 11.5 Å². The zero-order chi connectivity index (χ0) is 17.6. The van der Waals surface area contributed by atoms with Gasteiger partial charge >= 0.3 is 0 Å². The lowest BCUT2D eigenvalue weighted by Gasteiger charge is -2.31. The molecule has 132 valence electrons. The summed E-state index contributed by atoms with van der Waals surface area (Å²) in [5.74, 6) is 1.06. The lowest BCUT2D eigenvalue weighted by Crippen LogP contribution is -2.36. The number of benzene rings is 2. The average Bonchev–Trinajstić information content (AvgIpc) is 3.07. The number of nitrogens with zero attached hydrogens (tertiary/aromatic N) is 1. The molecule has 0 bridgehead atoms. The van der Waals surface area contributed by atoms with Crippen molar-refractivity contribution in [1.29, 1.82) is 0 Å². The molecule has 0 amide bonds. The number of fused-ring (bicyclic) bond motifs is 2. The maximum absolute atomic E-state index is 13.3. The predicted molar refractivity (Wildman–Crippen MR) is 94.5 cm³/mol. The van der Waals surface area contributed by atoms with Crippen LogP contribution in [0.1, 0.15) is 23.1 Å². The number of anilines is 1. The molecule has 2 aliphatic heterocycles. The summed E-state index contributed by atoms with van der Waals surface area (Å²) in [7, 11) is -3.68. The van der Waals surface area contributed by atoms with E-state index in [1.807, 2.05) is 18.2 Å². The van der Waals surface area contributed by atoms with Crippen molar-refractivity contribution in [2.45, 2.75) is 31.2 Å². The summed E-state index contributed by atoms with van der Waals surface area (Å²) < 4.78 is 38.8. The Hall–Kier alpha value is -2.25. The Morgan fingerprint density at radius 2 is 1.92 bits per heavy atom. The Kier molecular flexibility index (Phi) is 3.85. The van der Waals surface area contributed by atoms with Crippen molar-refractivity contribution in [3.63, 3.8) is 0 Å². The van der Waals surface area contributed by atoms with Gasteiger partial charge in [0.25, 0.3) is 10.0 Å². The Morgan fingerprint density at radius 3 is 2.68 bits per heavy atom. The maximum atomic E-state index is 13.3. The maximum Gasteiger partial charge on any atom is 0.264 e. The van der Waals surface area contributed by atoms with Crippen LogP contribution in [0.5, 0.6) is 11.5 Å². The van der Waals surface area contributed by atoms with Gasteiger partial charge in [-0.15, -0.1) is 0 Å². The van der Waals surface area contributed by atoms with E-state index in [1.165, 1.54) is 4.31 Å². The first-order valence-corrected chi connectivity index (χ1v) is 9.69. The smallest absolute Gasteiger partial charge is 0.264 e. The molecule has 0 unspecified atom stereocenters. The van der Waals surface area contributed by atoms with Crippen LogP contribution in [-0.4, -0.2) is 21.8 Å². The Bertz CT molecular complexity index is 940. The van der Waals surface area contributed by atoms with Gasteiger partial charge in [0, 0.05) is 19.2 Å². The van der Waals surface area contributed by atoms with Crippen LogP contribution in [0.4, 0.5) is 5.69 Å². The molecule has 0 saturated carbocycles. The van der Waals surface area contributed by atoms with Gasteiger partial charge in [-0.1, -0.05) is 12.1 Å². The molecule has 0 aromatic heterocycles. The lowest BCUT2D eigenvalue weighted by molar-refractivity contribution is 0.174. The Labute approximate surface area is 147 Å². The molecule has 2 N–H and O–H groups in total. The number of hydrogen-bond donors (Lipinski definition) is 1. The summed E-state index contributed by atoms with van der Waals surface area (Å²) >= 11 is 0. The molecule has 25 heavy (non-hydrogen) atoms. The SMILES string of the molecule is Cc1cc2c(cc1S(=O)(=O)N1CCCc3cc(CN)ccc31)OCO2. The first-order chi connectivity index (χ1) is 12.0. The van der Waals surface area contributed by atoms with Crippen LogP contribution >= 0.6 is 0 Å². The van der Waals surface area contributed by atoms with Gasteiger partial charge in [0.1, 0.15) is 0 Å². The largest absolute Gasteiger partial charge is 0.454 e. The Morgan fingerprint density at radius 1 is 1.16 bits per heavy atom. The third kappa shape index (κ3) is 2.63. The van der Waals surface area contributed by atoms with Crippen molar-refractivity contribution in [3.05, 3.63) is 47.0 Å². The van der Waals surface area contributed by atoms with Crippen molar-refractivity contribution in [1.82, 2.24) is 0 Å². The molecular formula is C18H20N2O4S. The molecule has 0 fully saturated rings. The number of nitrogens with two attached hydrogens (primary N) is 1. The Balaban J connectivity index is 1.80. The van der Waals surface area contributed by atoms with E-state index in [1.54, 1.807) is 19.1 Å². The summed E-state index contributed by atoms with van der Waals surface area (Å²) in [6.45, 7) is 2.80. The number of ether oxygens (including phenoxy) is 2. The molecule has 7 heteroatoms. The van der Waals surface area contributed by atoms with Crippen LogP contribution in [0.2, 0.25) is 0 Å². The van der Waals surface area contributed by atoms with Crippen molar-refractivity contribution >= 4 is 15.7 Å². The van der Waals surface area contributed by atoms with Crippen LogP contribution in [0.15, 0.2) is 35.2 Å². The monoisotopic (exact) mass is 360 g/mol. The van der Waals surface area contributed by atoms with Gasteiger partial charge in [-0.2, -0.15) is 0 Å². The summed E-state index contributed by atoms with van der Waals surface area (Å²) in [5, 5.41) is 0. The van der Waals surface area contributed by atoms with Gasteiger partial charge in [-0.05, 0) is 48.6 Å². The number of hydrogen-bond acceptors (Lipinski definition) is 5. The molecule has 0 aliphatic carbocycles. The highest BCUT2D eigenvalue weighted by atomic mass is 32.2. The number of sulfonamides is 1. The first kappa shape index (κ1) is 16.2. The zero-order valence-electron chi connectivity index (χ0n) is 14.0. The van der Waals surface area contributed by atoms with Crippen molar-refractivity contribution in [2.75, 3.05) is 17.6 Å². The highest BCUT2D eigenvalue weighted by Gasteiger charge is 2.32. The van der Waals surface area contributed by atoms with Gasteiger partial charge < -0.3 is 15.2 Å². The van der Waals surface area contributed by atoms with Crippen LogP contribution in [0.25, 0.3) is 0 Å². The van der Waals surface area contributed by atoms with E-state index in [2.05, 4.69) is 0 Å². The van der Waals surface area contributed by atoms with Crippen LogP contribution in [-0.2, 0) is 23.0 Å². The molecule has 0 atom stereocenters. The summed E-state index contributed by atoms with van der Waals surface area (Å²) in [6.07, 6.45) is 1.64. The molecule has 2 aromatic rings. The quantitative estimate of drug-likeness (QED) is 0.908. The number of rotatable bonds is 3. The van der Waals surface area contributed by atoms with E-state index in [-0.39, 0.29) is 11.7 Å². The lowest BCUT2D eigenvalue weighted by atomic mass is 10.0. The second-order valence-electron chi connectivity index (χ2n) is 6.32. The van der Waals surface area contributed by atoms with E-state index in [9.17, 15) is 8.42 Å². The van der Waals surface area contributed by atoms with Gasteiger partial charge in [0.2, 0.25) is 6.79 Å². The number of aryl methyl sites for hydroxylation is 2. The average molecular weight is 360 g/mol. The minimum absolute atomic E-state index is 0.118. The summed E-state index contributed by atoms with van der Waals surface area (Å²) in [5.41, 5.74) is 9.13. The third-order valence-corrected chi connectivity index (χ3v) is 6.65. The van der Waals surface area contributed by atoms with Gasteiger partial charge in [-0.3, -0.25) is 4.31 Å². The minimum Gasteiger partial charge on any atom is -0.454 e. The van der Waals surface area contributed by atoms with Crippen molar-refractivity contribution in [2.24, 2.45) is 5.73 Å². The fourth-order valence-corrected chi connectivity index (χ4v) is 5.18. The minimum atomic E-state index is -3.68. The molecule has 0 saturated heterocycles. The third-order valence-electron chi connectivity index (χ3n) is 4.69. The molecule has 2 aliphatic rings. The second kappa shape index (κ2) is 5.93. The second-order valence-corrected chi connectivity index (χ2v) is 8.15. The normalized spacial score (nSPS) is 16.0. The van der Waals surface area contributed by atoms with E-state index in [0.29, 0.717) is 30.2 Å². The summed E-state index contributed by atoms with van der Waals surface area (Å²) in [4.78, 5) is 0.257. The fourth-order valence-electron chi connectivity index (χ4n) is 3.41. The molecule has 2 heterocycles. The van der Waals surface area contributed by atoms with Crippen LogP contribution in [0.3, 0.4) is 0 Å². The van der Waals surface area contributed by atoms with Crippen LogP contribution < -0.4 is 19.5 Å². The topological polar surface area (TPSA) is 81.9 Å². The van der Waals surface area contributed by atoms with E-state index >= 15 is 0 Å². The van der Waals surface area contributed by atoms with Crippen molar-refractivity contribution < 1.29 is 17.9 Å². The van der Waals surface area contributed by atoms with E-state index in [4.69, 9.17) is 15.2 Å². The van der Waals surface area contributed by atoms with Crippen LogP contribution in [0, 0.1) is 6.92 Å². The molecule has 0 spiro atoms. The standard InChI is InChI=1S/C18H20N2O4S/c1-12-7-16-17(24-11-23-16)9-18(12)25(21,22)20-6-2-3-14-8-13(10-19)4-5-15(14)20/h4-5,7-9H,2-3,6,10-11,19H2,1H3. The van der Waals surface area contributed by atoms with E-state index in [0.717, 1.165) is 29.7 Å². The zero-order valence-corrected chi connectivity index (χ0v) is 14.8. The predicted octanol–water partition coefficient (Wildman–Crippen LogP) is 2.32. The van der Waals surface area contributed by atoms with Gasteiger partial charge in [-0.25, -0.2) is 8.42 Å². The van der Waals surface area contributed by atoms with E-state index < -0.39 is 10.0 Å². The fraction of sp³-hybridized carbons (Fsp3) is 0.333. The van der Waals surface area contributed by atoms with Gasteiger partial charge in [0.05, 0.1) is 10.6 Å². The molecule has 2 aromatic carbocycles. The molecule has 0 radical (unpaired) electrons. The highest BCUT2D eigenvalue weighted by Crippen LogP contribution is 2.39.